The molecule has 0 radical (unpaired) electrons. The monoisotopic (exact) mass is 383 g/mol. The van der Waals surface area contributed by atoms with Crippen molar-refractivity contribution in [1.82, 2.24) is 4.98 Å². The molecule has 3 nitrogen and oxygen atoms in total. The van der Waals surface area contributed by atoms with Gasteiger partial charge in [-0.2, -0.15) is 0 Å². The van der Waals surface area contributed by atoms with E-state index in [0.717, 1.165) is 27.2 Å². The van der Waals surface area contributed by atoms with Crippen molar-refractivity contribution in [2.24, 2.45) is 5.92 Å². The van der Waals surface area contributed by atoms with Crippen LogP contribution in [0.4, 0.5) is 0 Å². The Bertz CT molecular complexity index is 649. The second-order valence-electron chi connectivity index (χ2n) is 5.35. The Kier molecular flexibility index (Phi) is 6.09. The molecule has 1 aromatic carbocycles. The van der Waals surface area contributed by atoms with Gasteiger partial charge in [-0.15, -0.1) is 0 Å². The minimum absolute atomic E-state index is 0.374. The van der Waals surface area contributed by atoms with Gasteiger partial charge in [-0.05, 0) is 42.5 Å². The maximum atomic E-state index is 5.96. The Morgan fingerprint density at radius 3 is 2.73 bits per heavy atom. The van der Waals surface area contributed by atoms with Crippen molar-refractivity contribution >= 4 is 27.5 Å². The summed E-state index contributed by atoms with van der Waals surface area (Å²) in [4.78, 5) is 4.17. The first-order chi connectivity index (χ1) is 10.5. The Morgan fingerprint density at radius 1 is 1.32 bits per heavy atom. The third-order valence-electron chi connectivity index (χ3n) is 3.35. The summed E-state index contributed by atoms with van der Waals surface area (Å²) in [7, 11) is 1.61. The number of halogens is 2. The van der Waals surface area contributed by atoms with Crippen LogP contribution in [0.3, 0.4) is 0 Å². The molecule has 0 aliphatic heterocycles. The van der Waals surface area contributed by atoms with E-state index in [2.05, 4.69) is 27.8 Å². The number of rotatable bonds is 6. The van der Waals surface area contributed by atoms with Gasteiger partial charge in [0.25, 0.3) is 0 Å². The van der Waals surface area contributed by atoms with Gasteiger partial charge < -0.3 is 9.47 Å². The van der Waals surface area contributed by atoms with Crippen molar-refractivity contribution in [2.45, 2.75) is 20.3 Å². The largest absolute Gasteiger partial charge is 0.491 e. The van der Waals surface area contributed by atoms with Gasteiger partial charge in [0.05, 0.1) is 19.9 Å². The predicted octanol–water partition coefficient (Wildman–Crippen LogP) is 5.07. The predicted molar refractivity (Wildman–Crippen MR) is 93.0 cm³/mol. The zero-order chi connectivity index (χ0) is 16.1. The molecule has 1 heterocycles. The minimum atomic E-state index is 0.374. The van der Waals surface area contributed by atoms with E-state index in [4.69, 9.17) is 21.1 Å². The molecule has 1 unspecified atom stereocenters. The fourth-order valence-corrected chi connectivity index (χ4v) is 2.98. The van der Waals surface area contributed by atoms with Crippen LogP contribution in [0.2, 0.25) is 5.02 Å². The van der Waals surface area contributed by atoms with Crippen LogP contribution in [0.5, 0.6) is 11.6 Å². The molecule has 2 rings (SSSR count). The third kappa shape index (κ3) is 4.62. The average Bonchev–Trinajstić information content (AvgIpc) is 2.48. The van der Waals surface area contributed by atoms with Crippen molar-refractivity contribution in [3.8, 4) is 11.6 Å². The molecule has 0 saturated carbocycles. The van der Waals surface area contributed by atoms with E-state index in [-0.39, 0.29) is 0 Å². The first kappa shape index (κ1) is 17.1. The van der Waals surface area contributed by atoms with Crippen molar-refractivity contribution in [2.75, 3.05) is 13.7 Å². The minimum Gasteiger partial charge on any atom is -0.491 e. The summed E-state index contributed by atoms with van der Waals surface area (Å²) in [5.41, 5.74) is 2.25. The van der Waals surface area contributed by atoms with E-state index in [0.29, 0.717) is 18.4 Å². The van der Waals surface area contributed by atoms with Gasteiger partial charge in [-0.1, -0.05) is 40.5 Å². The standard InChI is InChI=1S/C17H19BrClNO2/c1-11(6-13-4-5-14(19)8-15(13)18)10-22-16-9-20-17(21-3)7-12(16)2/h4-5,7-9,11H,6,10H2,1-3H3. The highest BCUT2D eigenvalue weighted by Crippen LogP contribution is 2.25. The van der Waals surface area contributed by atoms with E-state index >= 15 is 0 Å². The van der Waals surface area contributed by atoms with Crippen LogP contribution in [-0.4, -0.2) is 18.7 Å². The van der Waals surface area contributed by atoms with Crippen LogP contribution in [0, 0.1) is 12.8 Å². The number of hydrogen-bond donors (Lipinski definition) is 0. The van der Waals surface area contributed by atoms with E-state index in [1.165, 1.54) is 5.56 Å². The quantitative estimate of drug-likeness (QED) is 0.696. The lowest BCUT2D eigenvalue weighted by Gasteiger charge is -2.15. The van der Waals surface area contributed by atoms with Crippen LogP contribution in [0.1, 0.15) is 18.1 Å². The number of aryl methyl sites for hydroxylation is 1. The maximum Gasteiger partial charge on any atom is 0.213 e. The molecule has 0 saturated heterocycles. The second kappa shape index (κ2) is 7.84. The molecule has 0 amide bonds. The van der Waals surface area contributed by atoms with Gasteiger partial charge in [0.15, 0.2) is 0 Å². The molecule has 118 valence electrons. The average molecular weight is 385 g/mol. The van der Waals surface area contributed by atoms with Gasteiger partial charge in [-0.25, -0.2) is 4.98 Å². The molecule has 0 aliphatic carbocycles. The van der Waals surface area contributed by atoms with E-state index < -0.39 is 0 Å². The highest BCUT2D eigenvalue weighted by molar-refractivity contribution is 9.10. The molecule has 0 spiro atoms. The van der Waals surface area contributed by atoms with Crippen molar-refractivity contribution in [3.63, 3.8) is 0 Å². The fourth-order valence-electron chi connectivity index (χ4n) is 2.13. The number of ether oxygens (including phenoxy) is 2. The summed E-state index contributed by atoms with van der Waals surface area (Å²) in [6, 6.07) is 7.74. The fraction of sp³-hybridized carbons (Fsp3) is 0.353. The van der Waals surface area contributed by atoms with Crippen molar-refractivity contribution < 1.29 is 9.47 Å². The third-order valence-corrected chi connectivity index (χ3v) is 4.33. The number of methoxy groups -OCH3 is 1. The molecule has 1 atom stereocenters. The van der Waals surface area contributed by atoms with Crippen molar-refractivity contribution in [3.05, 3.63) is 51.1 Å². The number of hydrogen-bond acceptors (Lipinski definition) is 3. The Morgan fingerprint density at radius 2 is 2.09 bits per heavy atom. The van der Waals surface area contributed by atoms with E-state index in [1.807, 2.05) is 31.2 Å². The lowest BCUT2D eigenvalue weighted by Crippen LogP contribution is -2.12. The number of aromatic nitrogens is 1. The summed E-state index contributed by atoms with van der Waals surface area (Å²) in [5, 5.41) is 0.736. The molecule has 5 heteroatoms. The van der Waals surface area contributed by atoms with Crippen LogP contribution >= 0.6 is 27.5 Å². The molecule has 0 N–H and O–H groups in total. The van der Waals surface area contributed by atoms with Gasteiger partial charge in [-0.3, -0.25) is 0 Å². The highest BCUT2D eigenvalue weighted by Gasteiger charge is 2.10. The first-order valence-electron chi connectivity index (χ1n) is 7.07. The lowest BCUT2D eigenvalue weighted by atomic mass is 10.0. The molecule has 0 aliphatic rings. The molecule has 2 aromatic rings. The molecular formula is C17H19BrClNO2. The summed E-state index contributed by atoms with van der Waals surface area (Å²) >= 11 is 9.51. The maximum absolute atomic E-state index is 5.96. The molecule has 0 fully saturated rings. The zero-order valence-electron chi connectivity index (χ0n) is 12.9. The first-order valence-corrected chi connectivity index (χ1v) is 8.24. The number of benzene rings is 1. The summed E-state index contributed by atoms with van der Waals surface area (Å²) < 4.78 is 12.0. The molecule has 22 heavy (non-hydrogen) atoms. The summed E-state index contributed by atoms with van der Waals surface area (Å²) in [6.45, 7) is 4.78. The number of pyridine rings is 1. The van der Waals surface area contributed by atoms with Gasteiger partial charge in [0.1, 0.15) is 5.75 Å². The molecule has 1 aromatic heterocycles. The smallest absolute Gasteiger partial charge is 0.213 e. The Labute approximate surface area is 144 Å². The van der Waals surface area contributed by atoms with E-state index in [1.54, 1.807) is 13.3 Å². The highest BCUT2D eigenvalue weighted by atomic mass is 79.9. The van der Waals surface area contributed by atoms with Crippen molar-refractivity contribution in [1.29, 1.82) is 0 Å². The normalized spacial score (nSPS) is 12.0. The van der Waals surface area contributed by atoms with E-state index in [9.17, 15) is 0 Å². The lowest BCUT2D eigenvalue weighted by molar-refractivity contribution is 0.256. The molecule has 0 bridgehead atoms. The van der Waals surface area contributed by atoms with Gasteiger partial charge in [0, 0.05) is 15.6 Å². The van der Waals surface area contributed by atoms with Crippen LogP contribution in [0.15, 0.2) is 34.9 Å². The van der Waals surface area contributed by atoms with Gasteiger partial charge in [0.2, 0.25) is 5.88 Å². The van der Waals surface area contributed by atoms with Crippen LogP contribution in [-0.2, 0) is 6.42 Å². The van der Waals surface area contributed by atoms with Crippen LogP contribution in [0.25, 0.3) is 0 Å². The topological polar surface area (TPSA) is 31.4 Å². The molecular weight excluding hydrogens is 366 g/mol. The Hall–Kier alpha value is -1.26. The second-order valence-corrected chi connectivity index (χ2v) is 6.64. The van der Waals surface area contributed by atoms with Crippen LogP contribution < -0.4 is 9.47 Å². The number of nitrogens with zero attached hydrogens (tertiary/aromatic N) is 1. The summed E-state index contributed by atoms with van der Waals surface area (Å²) in [5.74, 6) is 1.77. The SMILES string of the molecule is COc1cc(C)c(OCC(C)Cc2ccc(Cl)cc2Br)cn1. The zero-order valence-corrected chi connectivity index (χ0v) is 15.2. The van der Waals surface area contributed by atoms with Gasteiger partial charge >= 0.3 is 0 Å². The Balaban J connectivity index is 1.94. The summed E-state index contributed by atoms with van der Waals surface area (Å²) in [6.07, 6.45) is 2.62.